The molecule has 0 aliphatic rings. The highest BCUT2D eigenvalue weighted by atomic mass is 35.5. The van der Waals surface area contributed by atoms with Crippen LogP contribution in [0.5, 0.6) is 0 Å². The topological polar surface area (TPSA) is 68.5 Å². The Hall–Kier alpha value is -2.12. The zero-order valence-electron chi connectivity index (χ0n) is 12.6. The number of carbonyl (C=O) groups excluding carboxylic acids is 1. The van der Waals surface area contributed by atoms with Crippen molar-refractivity contribution in [2.45, 2.75) is 13.8 Å². The van der Waals surface area contributed by atoms with Crippen LogP contribution < -0.4 is 5.32 Å². The van der Waals surface area contributed by atoms with Gasteiger partial charge in [-0.25, -0.2) is 9.31 Å². The van der Waals surface area contributed by atoms with Gasteiger partial charge in [-0.3, -0.25) is 5.32 Å². The van der Waals surface area contributed by atoms with Crippen molar-refractivity contribution >= 4 is 39.9 Å². The quantitative estimate of drug-likeness (QED) is 0.761. The Morgan fingerprint density at radius 2 is 2.13 bits per heavy atom. The Morgan fingerprint density at radius 3 is 2.83 bits per heavy atom. The molecule has 0 atom stereocenters. The molecule has 0 saturated carbocycles. The molecule has 8 heteroatoms. The lowest BCUT2D eigenvalue weighted by atomic mass is 10.2. The van der Waals surface area contributed by atoms with E-state index in [1.54, 1.807) is 4.52 Å². The maximum Gasteiger partial charge on any atom is 0.414 e. The first kappa shape index (κ1) is 15.8. The third-order valence-corrected chi connectivity index (χ3v) is 4.05. The van der Waals surface area contributed by atoms with Crippen LogP contribution in [-0.2, 0) is 4.74 Å². The van der Waals surface area contributed by atoms with Gasteiger partial charge >= 0.3 is 6.09 Å². The highest BCUT2D eigenvalue weighted by molar-refractivity contribution is 7.15. The molecule has 2 aromatic heterocycles. The van der Waals surface area contributed by atoms with Gasteiger partial charge in [0, 0.05) is 16.0 Å². The lowest BCUT2D eigenvalue weighted by molar-refractivity contribution is 0.147. The molecule has 23 heavy (non-hydrogen) atoms. The molecule has 6 nitrogen and oxygen atoms in total. The third-order valence-electron chi connectivity index (χ3n) is 2.98. The molecule has 0 spiro atoms. The van der Waals surface area contributed by atoms with Crippen LogP contribution in [-0.4, -0.2) is 27.3 Å². The van der Waals surface area contributed by atoms with Crippen molar-refractivity contribution in [1.82, 2.24) is 14.6 Å². The van der Waals surface area contributed by atoms with Crippen molar-refractivity contribution in [2.24, 2.45) is 5.92 Å². The van der Waals surface area contributed by atoms with Gasteiger partial charge < -0.3 is 4.74 Å². The van der Waals surface area contributed by atoms with Crippen LogP contribution in [0.15, 0.2) is 29.6 Å². The lowest BCUT2D eigenvalue weighted by Crippen LogP contribution is -2.17. The molecule has 1 N–H and O–H groups in total. The minimum atomic E-state index is -0.551. The number of carbonyl (C=O) groups is 1. The smallest absolute Gasteiger partial charge is 0.414 e. The normalized spacial score (nSPS) is 11.1. The van der Waals surface area contributed by atoms with Gasteiger partial charge in [-0.15, -0.1) is 16.4 Å². The maximum absolute atomic E-state index is 11.7. The van der Waals surface area contributed by atoms with Gasteiger partial charge in [-0.2, -0.15) is 4.98 Å². The number of rotatable bonds is 4. The first-order chi connectivity index (χ1) is 11.0. The number of anilines is 1. The molecule has 0 radical (unpaired) electrons. The number of hydrogen-bond donors (Lipinski definition) is 1. The van der Waals surface area contributed by atoms with Crippen LogP contribution in [0.1, 0.15) is 13.8 Å². The second-order valence-corrected chi connectivity index (χ2v) is 6.65. The average Bonchev–Trinajstić information content (AvgIpc) is 3.06. The summed E-state index contributed by atoms with van der Waals surface area (Å²) in [4.78, 5) is 16.6. The van der Waals surface area contributed by atoms with Crippen molar-refractivity contribution in [3.05, 3.63) is 34.7 Å². The molecule has 1 aromatic carbocycles. The number of benzene rings is 1. The molecule has 0 aliphatic heterocycles. The first-order valence-corrected chi connectivity index (χ1v) is 8.32. The van der Waals surface area contributed by atoms with Gasteiger partial charge in [0.1, 0.15) is 0 Å². The number of thiazole rings is 1. The number of halogens is 1. The van der Waals surface area contributed by atoms with Crippen molar-refractivity contribution in [3.8, 4) is 11.3 Å². The van der Waals surface area contributed by atoms with E-state index in [0.29, 0.717) is 16.6 Å². The van der Waals surface area contributed by atoms with Crippen LogP contribution >= 0.6 is 22.9 Å². The zero-order chi connectivity index (χ0) is 16.4. The number of nitrogens with zero attached hydrogens (tertiary/aromatic N) is 3. The van der Waals surface area contributed by atoms with Crippen molar-refractivity contribution in [1.29, 1.82) is 0 Å². The fourth-order valence-electron chi connectivity index (χ4n) is 1.92. The van der Waals surface area contributed by atoms with Gasteiger partial charge in [-0.05, 0) is 18.1 Å². The highest BCUT2D eigenvalue weighted by Crippen LogP contribution is 2.26. The number of aromatic nitrogens is 3. The number of fused-ring (bicyclic) bond motifs is 1. The first-order valence-electron chi connectivity index (χ1n) is 7.07. The van der Waals surface area contributed by atoms with Crippen LogP contribution in [0.3, 0.4) is 0 Å². The van der Waals surface area contributed by atoms with Crippen LogP contribution in [0.25, 0.3) is 16.2 Å². The summed E-state index contributed by atoms with van der Waals surface area (Å²) >= 11 is 7.35. The SMILES string of the molecule is CC(C)COC(=O)Nc1nc2scc(-c3ccc(Cl)cc3)n2n1. The third kappa shape index (κ3) is 3.62. The molecular formula is C15H15ClN4O2S. The number of ether oxygens (including phenoxy) is 1. The summed E-state index contributed by atoms with van der Waals surface area (Å²) in [7, 11) is 0. The predicted octanol–water partition coefficient (Wildman–Crippen LogP) is 4.32. The molecule has 1 amide bonds. The van der Waals surface area contributed by atoms with Gasteiger partial charge in [0.15, 0.2) is 0 Å². The maximum atomic E-state index is 11.7. The summed E-state index contributed by atoms with van der Waals surface area (Å²) in [6.07, 6.45) is -0.551. The summed E-state index contributed by atoms with van der Waals surface area (Å²) in [5, 5.41) is 9.48. The summed E-state index contributed by atoms with van der Waals surface area (Å²) in [5.74, 6) is 0.497. The highest BCUT2D eigenvalue weighted by Gasteiger charge is 2.14. The van der Waals surface area contributed by atoms with Crippen molar-refractivity contribution in [2.75, 3.05) is 11.9 Å². The van der Waals surface area contributed by atoms with E-state index in [0.717, 1.165) is 11.3 Å². The molecule has 0 fully saturated rings. The Labute approximate surface area is 142 Å². The largest absolute Gasteiger partial charge is 0.449 e. The number of hydrogen-bond acceptors (Lipinski definition) is 5. The molecule has 3 rings (SSSR count). The minimum absolute atomic E-state index is 0.223. The van der Waals surface area contributed by atoms with Gasteiger partial charge in [0.25, 0.3) is 5.95 Å². The van der Waals surface area contributed by atoms with Crippen LogP contribution in [0, 0.1) is 5.92 Å². The lowest BCUT2D eigenvalue weighted by Gasteiger charge is -2.06. The van der Waals surface area contributed by atoms with E-state index >= 15 is 0 Å². The molecule has 3 aromatic rings. The molecule has 0 unspecified atom stereocenters. The van der Waals surface area contributed by atoms with E-state index in [-0.39, 0.29) is 11.9 Å². The van der Waals surface area contributed by atoms with Gasteiger partial charge in [0.2, 0.25) is 4.96 Å². The predicted molar refractivity (Wildman–Crippen MR) is 91.1 cm³/mol. The van der Waals surface area contributed by atoms with E-state index in [9.17, 15) is 4.79 Å². The summed E-state index contributed by atoms with van der Waals surface area (Å²) < 4.78 is 6.74. The minimum Gasteiger partial charge on any atom is -0.449 e. The average molecular weight is 351 g/mol. The van der Waals surface area contributed by atoms with E-state index in [1.807, 2.05) is 43.5 Å². The fourth-order valence-corrected chi connectivity index (χ4v) is 2.88. The molecule has 0 saturated heterocycles. The van der Waals surface area contributed by atoms with Gasteiger partial charge in [-0.1, -0.05) is 37.6 Å². The molecule has 2 heterocycles. The van der Waals surface area contributed by atoms with Crippen molar-refractivity contribution in [3.63, 3.8) is 0 Å². The van der Waals surface area contributed by atoms with E-state index < -0.39 is 6.09 Å². The van der Waals surface area contributed by atoms with Gasteiger partial charge in [0.05, 0.1) is 12.3 Å². The Kier molecular flexibility index (Phi) is 4.49. The fraction of sp³-hybridized carbons (Fsp3) is 0.267. The van der Waals surface area contributed by atoms with E-state index in [2.05, 4.69) is 15.4 Å². The Bertz CT molecular complexity index is 826. The number of amides is 1. The van der Waals surface area contributed by atoms with E-state index in [4.69, 9.17) is 16.3 Å². The standard InChI is InChI=1S/C15H15ClN4O2S/c1-9(2)7-22-15(21)18-13-17-14-20(19-13)12(8-23-14)10-3-5-11(16)6-4-10/h3-6,8-9H,7H2,1-2H3,(H,18,19,21). The second-order valence-electron chi connectivity index (χ2n) is 5.37. The van der Waals surface area contributed by atoms with Crippen LogP contribution in [0.2, 0.25) is 5.02 Å². The molecular weight excluding hydrogens is 336 g/mol. The Morgan fingerprint density at radius 1 is 1.39 bits per heavy atom. The number of nitrogens with one attached hydrogen (secondary N) is 1. The van der Waals surface area contributed by atoms with E-state index in [1.165, 1.54) is 11.3 Å². The molecule has 0 aliphatic carbocycles. The van der Waals surface area contributed by atoms with Crippen molar-refractivity contribution < 1.29 is 9.53 Å². The molecule has 0 bridgehead atoms. The molecule has 120 valence electrons. The summed E-state index contributed by atoms with van der Waals surface area (Å²) in [6.45, 7) is 4.29. The summed E-state index contributed by atoms with van der Waals surface area (Å²) in [5.41, 5.74) is 1.86. The monoisotopic (exact) mass is 350 g/mol. The van der Waals surface area contributed by atoms with Crippen LogP contribution in [0.4, 0.5) is 10.7 Å². The zero-order valence-corrected chi connectivity index (χ0v) is 14.2. The Balaban J connectivity index is 1.80. The second kappa shape index (κ2) is 6.55. The summed E-state index contributed by atoms with van der Waals surface area (Å²) in [6, 6.07) is 7.46.